The molecule has 4 nitrogen and oxygen atoms in total. The molecule has 1 rings (SSSR count). The molecule has 2 atom stereocenters. The molecule has 16 heavy (non-hydrogen) atoms. The summed E-state index contributed by atoms with van der Waals surface area (Å²) in [6.07, 6.45) is 1.69. The molecule has 0 heterocycles. The van der Waals surface area contributed by atoms with E-state index in [9.17, 15) is 0 Å². The second kappa shape index (κ2) is 5.04. The topological polar surface area (TPSA) is 45.7 Å². The molecule has 4 heteroatoms. The molecule has 2 N–H and O–H groups in total. The van der Waals surface area contributed by atoms with Crippen LogP contribution < -0.4 is 10.6 Å². The molecule has 0 radical (unpaired) electrons. The highest BCUT2D eigenvalue weighted by molar-refractivity contribution is 5.79. The molecule has 94 valence electrons. The molecule has 0 bridgehead atoms. The van der Waals surface area contributed by atoms with Crippen molar-refractivity contribution in [2.24, 2.45) is 10.4 Å². The van der Waals surface area contributed by atoms with E-state index in [4.69, 9.17) is 4.74 Å². The molecule has 0 aliphatic heterocycles. The van der Waals surface area contributed by atoms with Gasteiger partial charge in [0.1, 0.15) is 0 Å². The van der Waals surface area contributed by atoms with Gasteiger partial charge in [-0.1, -0.05) is 13.8 Å². The average molecular weight is 227 g/mol. The van der Waals surface area contributed by atoms with Gasteiger partial charge in [0.2, 0.25) is 0 Å². The Bertz CT molecular complexity index is 261. The van der Waals surface area contributed by atoms with Crippen LogP contribution in [-0.2, 0) is 4.74 Å². The predicted octanol–water partition coefficient (Wildman–Crippen LogP) is 1.37. The number of hydrogen-bond acceptors (Lipinski definition) is 2. The number of ether oxygens (including phenoxy) is 1. The molecule has 1 saturated carbocycles. The van der Waals surface area contributed by atoms with Crippen LogP contribution in [0.5, 0.6) is 0 Å². The van der Waals surface area contributed by atoms with Crippen LogP contribution >= 0.6 is 0 Å². The van der Waals surface area contributed by atoms with Crippen LogP contribution in [0, 0.1) is 5.41 Å². The second-order valence-corrected chi connectivity index (χ2v) is 5.25. The standard InChI is InChI=1S/C12H25N3O/c1-8(2)16-10-7-9(12(10,3)4)15-11(13-5)14-6/h8-10H,7H2,1-6H3,(H2,13,14,15). The van der Waals surface area contributed by atoms with E-state index < -0.39 is 0 Å². The van der Waals surface area contributed by atoms with Crippen molar-refractivity contribution in [3.05, 3.63) is 0 Å². The van der Waals surface area contributed by atoms with Gasteiger partial charge in [0.15, 0.2) is 5.96 Å². The maximum Gasteiger partial charge on any atom is 0.190 e. The van der Waals surface area contributed by atoms with E-state index >= 15 is 0 Å². The molecule has 1 aliphatic rings. The predicted molar refractivity (Wildman–Crippen MR) is 67.7 cm³/mol. The van der Waals surface area contributed by atoms with Crippen LogP contribution in [0.15, 0.2) is 4.99 Å². The van der Waals surface area contributed by atoms with E-state index in [2.05, 4.69) is 43.3 Å². The number of nitrogens with zero attached hydrogens (tertiary/aromatic N) is 1. The van der Waals surface area contributed by atoms with Crippen LogP contribution in [0.1, 0.15) is 34.1 Å². The molecular formula is C12H25N3O. The Morgan fingerprint density at radius 2 is 2.06 bits per heavy atom. The van der Waals surface area contributed by atoms with Crippen LogP contribution in [0.2, 0.25) is 0 Å². The normalized spacial score (nSPS) is 28.8. The minimum absolute atomic E-state index is 0.164. The number of rotatable bonds is 3. The zero-order valence-electron chi connectivity index (χ0n) is 11.3. The van der Waals surface area contributed by atoms with E-state index in [0.717, 1.165) is 12.4 Å². The number of guanidine groups is 1. The zero-order chi connectivity index (χ0) is 12.3. The van der Waals surface area contributed by atoms with Gasteiger partial charge in [0.25, 0.3) is 0 Å². The highest BCUT2D eigenvalue weighted by Crippen LogP contribution is 2.43. The molecule has 0 aromatic heterocycles. The third-order valence-electron chi connectivity index (χ3n) is 3.39. The Kier molecular flexibility index (Phi) is 4.19. The summed E-state index contributed by atoms with van der Waals surface area (Å²) in [6.45, 7) is 8.65. The summed E-state index contributed by atoms with van der Waals surface area (Å²) in [5.41, 5.74) is 0.164. The van der Waals surface area contributed by atoms with E-state index in [1.807, 2.05) is 7.05 Å². The van der Waals surface area contributed by atoms with Gasteiger partial charge < -0.3 is 15.4 Å². The summed E-state index contributed by atoms with van der Waals surface area (Å²) in [5, 5.41) is 6.45. The molecule has 0 aromatic carbocycles. The first-order chi connectivity index (χ1) is 7.41. The Morgan fingerprint density at radius 1 is 1.44 bits per heavy atom. The quantitative estimate of drug-likeness (QED) is 0.565. The van der Waals surface area contributed by atoms with Crippen LogP contribution in [0.3, 0.4) is 0 Å². The number of hydrogen-bond donors (Lipinski definition) is 2. The first-order valence-corrected chi connectivity index (χ1v) is 5.98. The summed E-state index contributed by atoms with van der Waals surface area (Å²) in [6, 6.07) is 0.433. The van der Waals surface area contributed by atoms with Gasteiger partial charge in [-0.3, -0.25) is 4.99 Å². The summed E-state index contributed by atoms with van der Waals surface area (Å²) in [4.78, 5) is 4.13. The fourth-order valence-corrected chi connectivity index (χ4v) is 2.10. The zero-order valence-corrected chi connectivity index (χ0v) is 11.3. The third kappa shape index (κ3) is 2.67. The maximum absolute atomic E-state index is 5.88. The van der Waals surface area contributed by atoms with Crippen molar-refractivity contribution in [3.8, 4) is 0 Å². The smallest absolute Gasteiger partial charge is 0.190 e. The van der Waals surface area contributed by atoms with Crippen LogP contribution in [0.25, 0.3) is 0 Å². The number of nitrogens with one attached hydrogen (secondary N) is 2. The molecule has 0 amide bonds. The van der Waals surface area contributed by atoms with E-state index in [0.29, 0.717) is 18.2 Å². The third-order valence-corrected chi connectivity index (χ3v) is 3.39. The van der Waals surface area contributed by atoms with Crippen LogP contribution in [-0.4, -0.2) is 38.3 Å². The van der Waals surface area contributed by atoms with Gasteiger partial charge in [0.05, 0.1) is 12.2 Å². The van der Waals surface area contributed by atoms with Crippen molar-refractivity contribution in [1.29, 1.82) is 0 Å². The van der Waals surface area contributed by atoms with Gasteiger partial charge in [-0.25, -0.2) is 0 Å². The van der Waals surface area contributed by atoms with Crippen molar-refractivity contribution in [3.63, 3.8) is 0 Å². The molecule has 2 unspecified atom stereocenters. The number of aliphatic imine (C=N–C) groups is 1. The summed E-state index contributed by atoms with van der Waals surface area (Å²) < 4.78 is 5.88. The summed E-state index contributed by atoms with van der Waals surface area (Å²) in [7, 11) is 3.66. The van der Waals surface area contributed by atoms with Gasteiger partial charge in [-0.2, -0.15) is 0 Å². The van der Waals surface area contributed by atoms with Gasteiger partial charge in [0, 0.05) is 25.6 Å². The SMILES string of the molecule is CN=C(NC)NC1CC(OC(C)C)C1(C)C. The summed E-state index contributed by atoms with van der Waals surface area (Å²) >= 11 is 0. The van der Waals surface area contributed by atoms with Crippen molar-refractivity contribution in [1.82, 2.24) is 10.6 Å². The molecule has 0 aromatic rings. The van der Waals surface area contributed by atoms with Gasteiger partial charge >= 0.3 is 0 Å². The first-order valence-electron chi connectivity index (χ1n) is 5.98. The lowest BCUT2D eigenvalue weighted by molar-refractivity contribution is -0.134. The lowest BCUT2D eigenvalue weighted by Crippen LogP contribution is -2.63. The largest absolute Gasteiger partial charge is 0.375 e. The van der Waals surface area contributed by atoms with Gasteiger partial charge in [-0.05, 0) is 20.3 Å². The second-order valence-electron chi connectivity index (χ2n) is 5.25. The van der Waals surface area contributed by atoms with Crippen LogP contribution in [0.4, 0.5) is 0 Å². The Morgan fingerprint density at radius 3 is 2.44 bits per heavy atom. The molecule has 0 saturated heterocycles. The minimum atomic E-state index is 0.164. The fourth-order valence-electron chi connectivity index (χ4n) is 2.10. The van der Waals surface area contributed by atoms with E-state index in [1.54, 1.807) is 7.05 Å². The lowest BCUT2D eigenvalue weighted by atomic mass is 9.64. The van der Waals surface area contributed by atoms with Crippen molar-refractivity contribution in [2.75, 3.05) is 14.1 Å². The van der Waals surface area contributed by atoms with E-state index in [1.165, 1.54) is 0 Å². The van der Waals surface area contributed by atoms with Gasteiger partial charge in [-0.15, -0.1) is 0 Å². The maximum atomic E-state index is 5.88. The average Bonchev–Trinajstić information content (AvgIpc) is 2.22. The fraction of sp³-hybridized carbons (Fsp3) is 0.917. The Hall–Kier alpha value is -0.770. The minimum Gasteiger partial charge on any atom is -0.375 e. The molecule has 0 spiro atoms. The lowest BCUT2D eigenvalue weighted by Gasteiger charge is -2.52. The highest BCUT2D eigenvalue weighted by atomic mass is 16.5. The molecular weight excluding hydrogens is 202 g/mol. The Labute approximate surface area is 98.9 Å². The monoisotopic (exact) mass is 227 g/mol. The summed E-state index contributed by atoms with van der Waals surface area (Å²) in [5.74, 6) is 0.848. The van der Waals surface area contributed by atoms with Crippen molar-refractivity contribution < 1.29 is 4.74 Å². The highest BCUT2D eigenvalue weighted by Gasteiger charge is 2.49. The molecule has 1 aliphatic carbocycles. The Balaban J connectivity index is 2.50. The van der Waals surface area contributed by atoms with Crippen molar-refractivity contribution >= 4 is 5.96 Å². The first kappa shape index (κ1) is 13.3. The van der Waals surface area contributed by atoms with E-state index in [-0.39, 0.29) is 5.41 Å². The van der Waals surface area contributed by atoms with Crippen molar-refractivity contribution in [2.45, 2.75) is 52.4 Å². The molecule has 1 fully saturated rings.